The van der Waals surface area contributed by atoms with E-state index in [4.69, 9.17) is 5.73 Å². The van der Waals surface area contributed by atoms with Crippen molar-refractivity contribution in [3.8, 4) is 0 Å². The minimum atomic E-state index is 0.210. The number of nitrogens with one attached hydrogen (secondary N) is 1. The molecule has 0 saturated carbocycles. The summed E-state index contributed by atoms with van der Waals surface area (Å²) in [5.41, 5.74) is 11.5. The number of nitrogens with zero attached hydrogens (tertiary/aromatic N) is 2. The number of anilines is 3. The van der Waals surface area contributed by atoms with Crippen molar-refractivity contribution < 1.29 is 4.79 Å². The molecule has 2 aromatic rings. The highest BCUT2D eigenvalue weighted by Gasteiger charge is 2.23. The zero-order valence-electron chi connectivity index (χ0n) is 18.1. The van der Waals surface area contributed by atoms with Crippen molar-refractivity contribution in [1.82, 2.24) is 4.90 Å². The standard InChI is InChI=1S/C24H34N4O/c1-17(2)19-7-10-23(22(25)16-19)26-20-11-13-28(14-12-20)24(29)15-18-5-8-21(9-6-18)27(3)4/h5-10,16-17,20,26H,11-15,25H2,1-4H3. The zero-order valence-corrected chi connectivity index (χ0v) is 18.1. The summed E-state index contributed by atoms with van der Waals surface area (Å²) in [6, 6.07) is 14.9. The maximum atomic E-state index is 12.7. The quantitative estimate of drug-likeness (QED) is 0.724. The van der Waals surface area contributed by atoms with E-state index in [2.05, 4.69) is 54.4 Å². The fraction of sp³-hybridized carbons (Fsp3) is 0.458. The fourth-order valence-corrected chi connectivity index (χ4v) is 3.76. The molecule has 1 heterocycles. The molecule has 1 fully saturated rings. The van der Waals surface area contributed by atoms with Crippen LogP contribution >= 0.6 is 0 Å². The van der Waals surface area contributed by atoms with Gasteiger partial charge in [-0.25, -0.2) is 0 Å². The van der Waals surface area contributed by atoms with Crippen LogP contribution < -0.4 is 16.0 Å². The van der Waals surface area contributed by atoms with Gasteiger partial charge in [0.2, 0.25) is 5.91 Å². The number of hydrogen-bond acceptors (Lipinski definition) is 4. The molecule has 0 spiro atoms. The second-order valence-electron chi connectivity index (χ2n) is 8.54. The number of benzene rings is 2. The van der Waals surface area contributed by atoms with Gasteiger partial charge in [-0.3, -0.25) is 4.79 Å². The van der Waals surface area contributed by atoms with Gasteiger partial charge >= 0.3 is 0 Å². The number of hydrogen-bond donors (Lipinski definition) is 2. The largest absolute Gasteiger partial charge is 0.397 e. The van der Waals surface area contributed by atoms with E-state index in [0.717, 1.165) is 48.6 Å². The maximum Gasteiger partial charge on any atom is 0.226 e. The molecule has 3 N–H and O–H groups in total. The Bertz CT molecular complexity index is 821. The number of carbonyl (C=O) groups is 1. The smallest absolute Gasteiger partial charge is 0.226 e. The predicted molar refractivity (Wildman–Crippen MR) is 123 cm³/mol. The van der Waals surface area contributed by atoms with Crippen molar-refractivity contribution in [2.75, 3.05) is 43.1 Å². The molecule has 5 nitrogen and oxygen atoms in total. The first-order valence-electron chi connectivity index (χ1n) is 10.5. The molecule has 0 unspecified atom stereocenters. The summed E-state index contributed by atoms with van der Waals surface area (Å²) in [5, 5.41) is 3.57. The Morgan fingerprint density at radius 3 is 2.34 bits per heavy atom. The Morgan fingerprint density at radius 1 is 1.14 bits per heavy atom. The molecule has 1 amide bonds. The van der Waals surface area contributed by atoms with Crippen molar-refractivity contribution in [3.05, 3.63) is 53.6 Å². The van der Waals surface area contributed by atoms with Gasteiger partial charge in [0.15, 0.2) is 0 Å². The van der Waals surface area contributed by atoms with Crippen LogP contribution in [0, 0.1) is 0 Å². The summed E-state index contributed by atoms with van der Waals surface area (Å²) in [5.74, 6) is 0.682. The molecule has 1 aliphatic heterocycles. The van der Waals surface area contributed by atoms with Crippen molar-refractivity contribution in [2.24, 2.45) is 0 Å². The predicted octanol–water partition coefficient (Wildman–Crippen LogP) is 4.10. The number of nitrogens with two attached hydrogens (primary N) is 1. The van der Waals surface area contributed by atoms with Crippen LogP contribution in [0.4, 0.5) is 17.1 Å². The molecule has 29 heavy (non-hydrogen) atoms. The van der Waals surface area contributed by atoms with Gasteiger partial charge in [0, 0.05) is 38.9 Å². The third kappa shape index (κ3) is 5.43. The van der Waals surface area contributed by atoms with Crippen molar-refractivity contribution in [2.45, 2.75) is 45.1 Å². The van der Waals surface area contributed by atoms with E-state index < -0.39 is 0 Å². The van der Waals surface area contributed by atoms with E-state index in [-0.39, 0.29) is 5.91 Å². The van der Waals surface area contributed by atoms with E-state index in [9.17, 15) is 4.79 Å². The summed E-state index contributed by atoms with van der Waals surface area (Å²) in [6.45, 7) is 5.92. The van der Waals surface area contributed by atoms with Gasteiger partial charge in [0.1, 0.15) is 0 Å². The Balaban J connectivity index is 1.50. The lowest BCUT2D eigenvalue weighted by Gasteiger charge is -2.33. The fourth-order valence-electron chi connectivity index (χ4n) is 3.76. The highest BCUT2D eigenvalue weighted by atomic mass is 16.2. The van der Waals surface area contributed by atoms with Crippen molar-refractivity contribution in [3.63, 3.8) is 0 Å². The van der Waals surface area contributed by atoms with Gasteiger partial charge in [0.25, 0.3) is 0 Å². The molecule has 5 heteroatoms. The van der Waals surface area contributed by atoms with Crippen LogP contribution in [-0.2, 0) is 11.2 Å². The van der Waals surface area contributed by atoms with E-state index >= 15 is 0 Å². The normalized spacial score (nSPS) is 14.9. The molecule has 0 radical (unpaired) electrons. The summed E-state index contributed by atoms with van der Waals surface area (Å²) >= 11 is 0. The van der Waals surface area contributed by atoms with Crippen LogP contribution in [0.15, 0.2) is 42.5 Å². The molecular weight excluding hydrogens is 360 g/mol. The lowest BCUT2D eigenvalue weighted by molar-refractivity contribution is -0.131. The molecule has 0 aliphatic carbocycles. The van der Waals surface area contributed by atoms with Crippen LogP contribution in [0.3, 0.4) is 0 Å². The van der Waals surface area contributed by atoms with Gasteiger partial charge in [-0.2, -0.15) is 0 Å². The van der Waals surface area contributed by atoms with E-state index in [0.29, 0.717) is 18.4 Å². The average Bonchev–Trinajstić information content (AvgIpc) is 2.70. The molecule has 2 aromatic carbocycles. The second-order valence-corrected chi connectivity index (χ2v) is 8.54. The van der Waals surface area contributed by atoms with Crippen LogP contribution in [-0.4, -0.2) is 44.0 Å². The third-order valence-corrected chi connectivity index (χ3v) is 5.76. The summed E-state index contributed by atoms with van der Waals surface area (Å²) in [7, 11) is 4.04. The van der Waals surface area contributed by atoms with Crippen molar-refractivity contribution >= 4 is 23.0 Å². The molecule has 1 saturated heterocycles. The minimum absolute atomic E-state index is 0.210. The number of carbonyl (C=O) groups excluding carboxylic acids is 1. The summed E-state index contributed by atoms with van der Waals surface area (Å²) in [6.07, 6.45) is 2.35. The monoisotopic (exact) mass is 394 g/mol. The first-order chi connectivity index (χ1) is 13.8. The minimum Gasteiger partial charge on any atom is -0.397 e. The van der Waals surface area contributed by atoms with Gasteiger partial charge in [-0.05, 0) is 54.2 Å². The Kier molecular flexibility index (Phi) is 6.68. The molecule has 0 atom stereocenters. The number of likely N-dealkylation sites (tertiary alicyclic amines) is 1. The summed E-state index contributed by atoms with van der Waals surface area (Å²) in [4.78, 5) is 16.7. The van der Waals surface area contributed by atoms with E-state index in [1.54, 1.807) is 0 Å². The van der Waals surface area contributed by atoms with E-state index in [1.807, 2.05) is 31.1 Å². The van der Waals surface area contributed by atoms with Crippen molar-refractivity contribution in [1.29, 1.82) is 0 Å². The van der Waals surface area contributed by atoms with Crippen LogP contribution in [0.2, 0.25) is 0 Å². The number of piperidine rings is 1. The zero-order chi connectivity index (χ0) is 21.0. The topological polar surface area (TPSA) is 61.6 Å². The Morgan fingerprint density at radius 2 is 1.79 bits per heavy atom. The number of rotatable bonds is 6. The lowest BCUT2D eigenvalue weighted by Crippen LogP contribution is -2.43. The molecule has 0 bridgehead atoms. The second kappa shape index (κ2) is 9.21. The summed E-state index contributed by atoms with van der Waals surface area (Å²) < 4.78 is 0. The maximum absolute atomic E-state index is 12.7. The van der Waals surface area contributed by atoms with Gasteiger partial charge in [-0.15, -0.1) is 0 Å². The SMILES string of the molecule is CC(C)c1ccc(NC2CCN(C(=O)Cc3ccc(N(C)C)cc3)CC2)c(N)c1. The first kappa shape index (κ1) is 21.0. The highest BCUT2D eigenvalue weighted by molar-refractivity contribution is 5.79. The average molecular weight is 395 g/mol. The molecule has 0 aromatic heterocycles. The Hall–Kier alpha value is -2.69. The Labute approximate surface area is 174 Å². The molecular formula is C24H34N4O. The lowest BCUT2D eigenvalue weighted by atomic mass is 10.0. The van der Waals surface area contributed by atoms with Crippen LogP contribution in [0.5, 0.6) is 0 Å². The third-order valence-electron chi connectivity index (χ3n) is 5.76. The van der Waals surface area contributed by atoms with Gasteiger partial charge < -0.3 is 20.9 Å². The van der Waals surface area contributed by atoms with Crippen LogP contribution in [0.1, 0.15) is 43.7 Å². The molecule has 156 valence electrons. The van der Waals surface area contributed by atoms with Crippen LogP contribution in [0.25, 0.3) is 0 Å². The number of nitrogen functional groups attached to an aromatic ring is 1. The molecule has 3 rings (SSSR count). The van der Waals surface area contributed by atoms with Gasteiger partial charge in [-0.1, -0.05) is 32.0 Å². The number of amides is 1. The first-order valence-corrected chi connectivity index (χ1v) is 10.5. The van der Waals surface area contributed by atoms with E-state index in [1.165, 1.54) is 5.56 Å². The highest BCUT2D eigenvalue weighted by Crippen LogP contribution is 2.26. The molecule has 1 aliphatic rings. The van der Waals surface area contributed by atoms with Gasteiger partial charge in [0.05, 0.1) is 17.8 Å².